The Balaban J connectivity index is 2.39. The van der Waals surface area contributed by atoms with Crippen LogP contribution in [0.5, 0.6) is 0 Å². The van der Waals surface area contributed by atoms with Crippen LogP contribution < -0.4 is 0 Å². The first-order chi connectivity index (χ1) is 5.83. The van der Waals surface area contributed by atoms with Gasteiger partial charge in [-0.1, -0.05) is 0 Å². The number of rotatable bonds is 1. The smallest absolute Gasteiger partial charge is 0.339 e. The highest BCUT2D eigenvalue weighted by molar-refractivity contribution is 7.10. The second-order valence-electron chi connectivity index (χ2n) is 2.83. The van der Waals surface area contributed by atoms with Crippen molar-refractivity contribution in [3.63, 3.8) is 0 Å². The molecule has 0 aliphatic heterocycles. The largest absolute Gasteiger partial charge is 0.465 e. The van der Waals surface area contributed by atoms with Gasteiger partial charge in [0.2, 0.25) is 0 Å². The number of hydrogen-bond acceptors (Lipinski definition) is 3. The van der Waals surface area contributed by atoms with Gasteiger partial charge in [0.05, 0.1) is 18.1 Å². The first kappa shape index (κ1) is 7.80. The lowest BCUT2D eigenvalue weighted by molar-refractivity contribution is 0.0600. The average molecular weight is 181 g/mol. The second-order valence-corrected chi connectivity index (χ2v) is 3.73. The maximum Gasteiger partial charge on any atom is 0.339 e. The standard InChI is InChI=1S/C9H9O2S/c1-11-9(10)7-5-12-8-4-2-3-6(7)8/h2-4H2,1H3. The van der Waals surface area contributed by atoms with Crippen molar-refractivity contribution in [3.8, 4) is 0 Å². The van der Waals surface area contributed by atoms with Gasteiger partial charge in [0.15, 0.2) is 0 Å². The number of esters is 1. The van der Waals surface area contributed by atoms with E-state index in [1.807, 2.05) is 0 Å². The van der Waals surface area contributed by atoms with Crippen molar-refractivity contribution in [2.45, 2.75) is 19.3 Å². The normalized spacial score (nSPS) is 14.4. The van der Waals surface area contributed by atoms with Crippen LogP contribution in [0.2, 0.25) is 0 Å². The van der Waals surface area contributed by atoms with Crippen molar-refractivity contribution in [2.75, 3.05) is 7.11 Å². The van der Waals surface area contributed by atoms with E-state index in [1.165, 1.54) is 24.0 Å². The van der Waals surface area contributed by atoms with E-state index in [2.05, 4.69) is 10.1 Å². The molecule has 0 unspecified atom stereocenters. The molecule has 3 heteroatoms. The lowest BCUT2D eigenvalue weighted by atomic mass is 10.1. The van der Waals surface area contributed by atoms with Gasteiger partial charge >= 0.3 is 5.97 Å². The van der Waals surface area contributed by atoms with Crippen molar-refractivity contribution in [2.24, 2.45) is 0 Å². The predicted molar refractivity (Wildman–Crippen MR) is 46.5 cm³/mol. The van der Waals surface area contributed by atoms with Crippen LogP contribution in [0.1, 0.15) is 27.2 Å². The zero-order valence-electron chi connectivity index (χ0n) is 6.85. The average Bonchev–Trinajstić information content (AvgIpc) is 2.62. The molecule has 0 aromatic carbocycles. The van der Waals surface area contributed by atoms with Gasteiger partial charge in [-0.05, 0) is 24.8 Å². The molecule has 0 spiro atoms. The maximum absolute atomic E-state index is 11.2. The Morgan fingerprint density at radius 3 is 3.17 bits per heavy atom. The summed E-state index contributed by atoms with van der Waals surface area (Å²) in [5, 5.41) is 2.99. The van der Waals surface area contributed by atoms with Gasteiger partial charge in [0, 0.05) is 4.88 Å². The number of fused-ring (bicyclic) bond motifs is 1. The minimum Gasteiger partial charge on any atom is -0.465 e. The molecule has 0 saturated heterocycles. The highest BCUT2D eigenvalue weighted by Gasteiger charge is 2.21. The fraction of sp³-hybridized carbons (Fsp3) is 0.444. The summed E-state index contributed by atoms with van der Waals surface area (Å²) < 4.78 is 4.66. The summed E-state index contributed by atoms with van der Waals surface area (Å²) >= 11 is 1.56. The van der Waals surface area contributed by atoms with Gasteiger partial charge in [-0.15, -0.1) is 11.3 Å². The first-order valence-electron chi connectivity index (χ1n) is 3.93. The quantitative estimate of drug-likeness (QED) is 0.618. The van der Waals surface area contributed by atoms with Gasteiger partial charge in [-0.3, -0.25) is 0 Å². The molecule has 12 heavy (non-hydrogen) atoms. The van der Waals surface area contributed by atoms with Crippen molar-refractivity contribution in [1.29, 1.82) is 0 Å². The summed E-state index contributed by atoms with van der Waals surface area (Å²) in [6.07, 6.45) is 3.28. The van der Waals surface area contributed by atoms with Crippen LogP contribution in [-0.4, -0.2) is 13.1 Å². The molecule has 1 heterocycles. The third kappa shape index (κ3) is 1.05. The molecule has 1 radical (unpaired) electrons. The first-order valence-corrected chi connectivity index (χ1v) is 4.75. The molecule has 0 N–H and O–H groups in total. The summed E-state index contributed by atoms with van der Waals surface area (Å²) in [5.74, 6) is -0.241. The van der Waals surface area contributed by atoms with E-state index in [0.717, 1.165) is 12.8 Å². The third-order valence-electron chi connectivity index (χ3n) is 2.13. The van der Waals surface area contributed by atoms with E-state index in [9.17, 15) is 4.79 Å². The van der Waals surface area contributed by atoms with E-state index >= 15 is 0 Å². The molecular weight excluding hydrogens is 172 g/mol. The highest BCUT2D eigenvalue weighted by atomic mass is 32.1. The lowest BCUT2D eigenvalue weighted by Gasteiger charge is -1.96. The minimum atomic E-state index is -0.241. The van der Waals surface area contributed by atoms with Crippen LogP contribution in [0, 0.1) is 5.38 Å². The Hall–Kier alpha value is -0.830. The Kier molecular flexibility index (Phi) is 1.89. The van der Waals surface area contributed by atoms with Crippen LogP contribution >= 0.6 is 11.3 Å². The molecule has 1 aromatic heterocycles. The summed E-state index contributed by atoms with van der Waals surface area (Å²) in [5.41, 5.74) is 1.84. The van der Waals surface area contributed by atoms with Gasteiger partial charge in [-0.2, -0.15) is 0 Å². The third-order valence-corrected chi connectivity index (χ3v) is 3.14. The molecule has 0 bridgehead atoms. The molecule has 2 nitrogen and oxygen atoms in total. The zero-order valence-corrected chi connectivity index (χ0v) is 7.66. The molecule has 0 fully saturated rings. The van der Waals surface area contributed by atoms with E-state index in [1.54, 1.807) is 11.3 Å². The van der Waals surface area contributed by atoms with Crippen LogP contribution in [0.3, 0.4) is 0 Å². The van der Waals surface area contributed by atoms with Crippen molar-refractivity contribution < 1.29 is 9.53 Å². The number of ether oxygens (including phenoxy) is 1. The fourth-order valence-electron chi connectivity index (χ4n) is 1.53. The Labute approximate surface area is 75.2 Å². The topological polar surface area (TPSA) is 26.3 Å². The predicted octanol–water partition coefficient (Wildman–Crippen LogP) is 1.82. The van der Waals surface area contributed by atoms with E-state index < -0.39 is 0 Å². The van der Waals surface area contributed by atoms with Gasteiger partial charge in [0.1, 0.15) is 0 Å². The highest BCUT2D eigenvalue weighted by Crippen LogP contribution is 2.30. The maximum atomic E-state index is 11.2. The molecule has 63 valence electrons. The molecule has 0 amide bonds. The summed E-state index contributed by atoms with van der Waals surface area (Å²) in [6.45, 7) is 0. The zero-order chi connectivity index (χ0) is 8.55. The van der Waals surface area contributed by atoms with E-state index in [-0.39, 0.29) is 5.97 Å². The Morgan fingerprint density at radius 2 is 2.42 bits per heavy atom. The van der Waals surface area contributed by atoms with Crippen molar-refractivity contribution in [3.05, 3.63) is 21.4 Å². The molecule has 0 saturated carbocycles. The molecular formula is C9H9O2S. The van der Waals surface area contributed by atoms with Gasteiger partial charge in [-0.25, -0.2) is 4.79 Å². The van der Waals surface area contributed by atoms with E-state index in [0.29, 0.717) is 5.56 Å². The molecule has 0 atom stereocenters. The number of hydrogen-bond donors (Lipinski definition) is 0. The number of carbonyl (C=O) groups is 1. The van der Waals surface area contributed by atoms with Crippen LogP contribution in [-0.2, 0) is 17.6 Å². The molecule has 1 aliphatic carbocycles. The monoisotopic (exact) mass is 181 g/mol. The summed E-state index contributed by atoms with van der Waals surface area (Å²) in [7, 11) is 1.41. The van der Waals surface area contributed by atoms with Gasteiger partial charge < -0.3 is 4.74 Å². The van der Waals surface area contributed by atoms with Crippen LogP contribution in [0.4, 0.5) is 0 Å². The van der Waals surface area contributed by atoms with Crippen molar-refractivity contribution in [1.82, 2.24) is 0 Å². The number of aryl methyl sites for hydroxylation is 1. The Morgan fingerprint density at radius 1 is 1.58 bits per heavy atom. The summed E-state index contributed by atoms with van der Waals surface area (Å²) in [6, 6.07) is 0. The van der Waals surface area contributed by atoms with Crippen molar-refractivity contribution >= 4 is 17.3 Å². The van der Waals surface area contributed by atoms with Crippen LogP contribution in [0.15, 0.2) is 0 Å². The molecule has 1 aliphatic rings. The fourth-order valence-corrected chi connectivity index (χ4v) is 2.54. The SMILES string of the molecule is COC(=O)c1[c]sc2c1CCC2. The Bertz CT molecular complexity index is 314. The van der Waals surface area contributed by atoms with Gasteiger partial charge in [0.25, 0.3) is 0 Å². The van der Waals surface area contributed by atoms with Crippen LogP contribution in [0.25, 0.3) is 0 Å². The number of methoxy groups -OCH3 is 1. The molecule has 2 rings (SSSR count). The van der Waals surface area contributed by atoms with E-state index in [4.69, 9.17) is 0 Å². The lowest BCUT2D eigenvalue weighted by Crippen LogP contribution is -2.02. The second kappa shape index (κ2) is 2.90. The summed E-state index contributed by atoms with van der Waals surface area (Å²) in [4.78, 5) is 12.5. The number of thiophene rings is 1. The molecule has 1 aromatic rings. The number of carbonyl (C=O) groups excluding carboxylic acids is 1. The minimum absolute atomic E-state index is 0.241.